The highest BCUT2D eigenvalue weighted by atomic mass is 32.2. The molecule has 1 N–H and O–H groups in total. The van der Waals surface area contributed by atoms with Gasteiger partial charge < -0.3 is 5.32 Å². The monoisotopic (exact) mass is 381 g/mol. The van der Waals surface area contributed by atoms with Crippen molar-refractivity contribution in [2.24, 2.45) is 5.92 Å². The third-order valence-electron chi connectivity index (χ3n) is 5.13. The highest BCUT2D eigenvalue weighted by Crippen LogP contribution is 2.27. The zero-order valence-corrected chi connectivity index (χ0v) is 16.2. The minimum absolute atomic E-state index is 0.0703. The second-order valence-electron chi connectivity index (χ2n) is 7.03. The van der Waals surface area contributed by atoms with E-state index in [4.69, 9.17) is 0 Å². The number of para-hydroxylation sites is 1. The first kappa shape index (κ1) is 18.0. The summed E-state index contributed by atoms with van der Waals surface area (Å²) in [7, 11) is 0. The van der Waals surface area contributed by atoms with E-state index in [0.717, 1.165) is 28.2 Å². The molecule has 4 rings (SSSR count). The van der Waals surface area contributed by atoms with Crippen molar-refractivity contribution < 1.29 is 4.79 Å². The Morgan fingerprint density at radius 2 is 2.04 bits per heavy atom. The third-order valence-corrected chi connectivity index (χ3v) is 6.13. The number of nitrogens with zero attached hydrogens (tertiary/aromatic N) is 4. The predicted octanol–water partition coefficient (Wildman–Crippen LogP) is 3.60. The van der Waals surface area contributed by atoms with E-state index in [1.165, 1.54) is 37.4 Å². The molecule has 0 radical (unpaired) electrons. The number of fused-ring (bicyclic) bond motifs is 1. The number of aromatic nitrogens is 4. The Morgan fingerprint density at radius 1 is 1.22 bits per heavy atom. The van der Waals surface area contributed by atoms with Crippen molar-refractivity contribution in [2.75, 3.05) is 5.75 Å². The minimum atomic E-state index is 0.0703. The molecule has 6 nitrogen and oxygen atoms in total. The van der Waals surface area contributed by atoms with Gasteiger partial charge in [-0.05, 0) is 30.9 Å². The molecule has 2 atom stereocenters. The highest BCUT2D eigenvalue weighted by Gasteiger charge is 2.23. The first-order valence-corrected chi connectivity index (χ1v) is 10.4. The Morgan fingerprint density at radius 3 is 2.85 bits per heavy atom. The van der Waals surface area contributed by atoms with Crippen molar-refractivity contribution in [3.8, 4) is 5.69 Å². The molecular weight excluding hydrogens is 358 g/mol. The van der Waals surface area contributed by atoms with Crippen LogP contribution in [0.4, 0.5) is 0 Å². The molecule has 0 unspecified atom stereocenters. The van der Waals surface area contributed by atoms with Crippen molar-refractivity contribution in [1.82, 2.24) is 25.1 Å². The summed E-state index contributed by atoms with van der Waals surface area (Å²) in [5.74, 6) is 0.981. The predicted molar refractivity (Wildman–Crippen MR) is 107 cm³/mol. The molecule has 0 bridgehead atoms. The first-order chi connectivity index (χ1) is 13.2. The summed E-state index contributed by atoms with van der Waals surface area (Å²) in [6.45, 7) is 2.23. The van der Waals surface area contributed by atoms with Crippen molar-refractivity contribution in [3.05, 3.63) is 42.9 Å². The maximum absolute atomic E-state index is 12.4. The summed E-state index contributed by atoms with van der Waals surface area (Å²) < 4.78 is 1.80. The quantitative estimate of drug-likeness (QED) is 0.540. The van der Waals surface area contributed by atoms with Crippen molar-refractivity contribution in [3.63, 3.8) is 0 Å². The Balaban J connectivity index is 1.46. The highest BCUT2D eigenvalue weighted by molar-refractivity contribution is 8.00. The van der Waals surface area contributed by atoms with E-state index in [-0.39, 0.29) is 5.91 Å². The van der Waals surface area contributed by atoms with E-state index in [1.54, 1.807) is 10.9 Å². The number of carbonyl (C=O) groups excluding carboxylic acids is 1. The SMILES string of the molecule is C[C@H]1CCCC[C@@H]1NC(=O)CSc1ncnc2c1cnn2-c1ccccc1. The van der Waals surface area contributed by atoms with Crippen LogP contribution in [0.5, 0.6) is 0 Å². The number of benzene rings is 1. The average molecular weight is 382 g/mol. The molecule has 1 amide bonds. The van der Waals surface area contributed by atoms with E-state index in [9.17, 15) is 4.79 Å². The van der Waals surface area contributed by atoms with Crippen LogP contribution in [0.25, 0.3) is 16.7 Å². The standard InChI is InChI=1S/C20H23N5OS/c1-14-7-5-6-10-17(14)24-18(26)12-27-20-16-11-23-25(19(16)21-13-22-20)15-8-3-2-4-9-15/h2-4,8-9,11,13-14,17H,5-7,10,12H2,1H3,(H,24,26)/t14-,17-/m0/s1. The third kappa shape index (κ3) is 3.98. The smallest absolute Gasteiger partial charge is 0.230 e. The van der Waals surface area contributed by atoms with Crippen molar-refractivity contribution in [2.45, 2.75) is 43.7 Å². The minimum Gasteiger partial charge on any atom is -0.352 e. The molecule has 1 fully saturated rings. The van der Waals surface area contributed by atoms with Crippen LogP contribution in [0.3, 0.4) is 0 Å². The maximum Gasteiger partial charge on any atom is 0.230 e. The van der Waals surface area contributed by atoms with E-state index < -0.39 is 0 Å². The summed E-state index contributed by atoms with van der Waals surface area (Å²) in [4.78, 5) is 21.1. The summed E-state index contributed by atoms with van der Waals surface area (Å²) in [6.07, 6.45) is 8.06. The maximum atomic E-state index is 12.4. The molecule has 27 heavy (non-hydrogen) atoms. The lowest BCUT2D eigenvalue weighted by Gasteiger charge is -2.29. The van der Waals surface area contributed by atoms with E-state index in [2.05, 4.69) is 27.3 Å². The molecule has 0 spiro atoms. The molecule has 0 aliphatic heterocycles. The van der Waals surface area contributed by atoms with Gasteiger partial charge in [0.1, 0.15) is 11.4 Å². The van der Waals surface area contributed by atoms with Gasteiger partial charge in [-0.15, -0.1) is 0 Å². The zero-order valence-electron chi connectivity index (χ0n) is 15.3. The van der Waals surface area contributed by atoms with Gasteiger partial charge in [0, 0.05) is 6.04 Å². The number of hydrogen-bond donors (Lipinski definition) is 1. The van der Waals surface area contributed by atoms with Gasteiger partial charge in [0.2, 0.25) is 5.91 Å². The molecule has 7 heteroatoms. The Kier molecular flexibility index (Phi) is 5.38. The Bertz CT molecular complexity index is 927. The molecule has 1 saturated carbocycles. The summed E-state index contributed by atoms with van der Waals surface area (Å²) in [6, 6.07) is 10.2. The molecule has 1 aliphatic carbocycles. The van der Waals surface area contributed by atoms with Crippen LogP contribution in [0, 0.1) is 5.92 Å². The Labute approximate surface area is 162 Å². The fraction of sp³-hybridized carbons (Fsp3) is 0.400. The van der Waals surface area contributed by atoms with Gasteiger partial charge in [-0.2, -0.15) is 5.10 Å². The molecule has 3 aromatic rings. The molecule has 0 saturated heterocycles. The fourth-order valence-electron chi connectivity index (χ4n) is 3.61. The van der Waals surface area contributed by atoms with E-state index in [1.807, 2.05) is 30.3 Å². The summed E-state index contributed by atoms with van der Waals surface area (Å²) >= 11 is 1.44. The van der Waals surface area contributed by atoms with Crippen LogP contribution in [0.1, 0.15) is 32.6 Å². The molecule has 1 aliphatic rings. The van der Waals surface area contributed by atoms with Gasteiger partial charge in [0.25, 0.3) is 0 Å². The zero-order chi connectivity index (χ0) is 18.6. The lowest BCUT2D eigenvalue weighted by Crippen LogP contribution is -2.41. The van der Waals surface area contributed by atoms with Gasteiger partial charge in [-0.1, -0.05) is 49.7 Å². The van der Waals surface area contributed by atoms with Gasteiger partial charge in [-0.25, -0.2) is 14.6 Å². The second-order valence-corrected chi connectivity index (χ2v) is 8.00. The van der Waals surface area contributed by atoms with E-state index in [0.29, 0.717) is 17.7 Å². The Hall–Kier alpha value is -2.41. The van der Waals surface area contributed by atoms with E-state index >= 15 is 0 Å². The van der Waals surface area contributed by atoms with Crippen molar-refractivity contribution >= 4 is 28.7 Å². The number of carbonyl (C=O) groups is 1. The number of amides is 1. The normalized spacial score (nSPS) is 19.9. The molecule has 2 heterocycles. The number of rotatable bonds is 5. The van der Waals surface area contributed by atoms with Gasteiger partial charge in [-0.3, -0.25) is 4.79 Å². The average Bonchev–Trinajstić information content (AvgIpc) is 3.13. The van der Waals surface area contributed by atoms with Crippen LogP contribution in [0.15, 0.2) is 47.9 Å². The number of thioether (sulfide) groups is 1. The van der Waals surface area contributed by atoms with Crippen molar-refractivity contribution in [1.29, 1.82) is 0 Å². The molecule has 1 aromatic carbocycles. The van der Waals surface area contributed by atoms with Crippen LogP contribution in [0.2, 0.25) is 0 Å². The molecule has 140 valence electrons. The molecular formula is C20H23N5OS. The van der Waals surface area contributed by atoms with Gasteiger partial charge in [0.15, 0.2) is 5.65 Å². The lowest BCUT2D eigenvalue weighted by molar-refractivity contribution is -0.119. The van der Waals surface area contributed by atoms with Crippen LogP contribution >= 0.6 is 11.8 Å². The second kappa shape index (κ2) is 8.08. The summed E-state index contributed by atoms with van der Waals surface area (Å²) in [5.41, 5.74) is 1.70. The first-order valence-electron chi connectivity index (χ1n) is 9.38. The molecule has 2 aromatic heterocycles. The van der Waals surface area contributed by atoms with Crippen LogP contribution in [-0.2, 0) is 4.79 Å². The van der Waals surface area contributed by atoms with Crippen LogP contribution < -0.4 is 5.32 Å². The van der Waals surface area contributed by atoms with Crippen LogP contribution in [-0.4, -0.2) is 37.5 Å². The largest absolute Gasteiger partial charge is 0.352 e. The fourth-order valence-corrected chi connectivity index (χ4v) is 4.38. The number of hydrogen-bond acceptors (Lipinski definition) is 5. The summed E-state index contributed by atoms with van der Waals surface area (Å²) in [5, 5.41) is 9.30. The lowest BCUT2D eigenvalue weighted by atomic mass is 9.86. The topological polar surface area (TPSA) is 72.7 Å². The van der Waals surface area contributed by atoms with Gasteiger partial charge in [0.05, 0.1) is 23.0 Å². The van der Waals surface area contributed by atoms with Gasteiger partial charge >= 0.3 is 0 Å². The number of nitrogens with one attached hydrogen (secondary N) is 1.